The third-order valence-electron chi connectivity index (χ3n) is 4.05. The van der Waals surface area contributed by atoms with Crippen molar-refractivity contribution in [3.63, 3.8) is 0 Å². The standard InChI is InChI=1S/C20H25N3O5/c1-13-6-8-17(15(10-13)20(2,3)4)28-12-21-19(24)22-16-11-14(23(25)26)7-9-18(16)27-5/h6-11H,12H2,1-5H3,(H2,21,22,24). The number of carbonyl (C=O) groups is 1. The Morgan fingerprint density at radius 1 is 1.14 bits per heavy atom. The van der Waals surface area contributed by atoms with Crippen LogP contribution >= 0.6 is 0 Å². The Balaban J connectivity index is 2.03. The van der Waals surface area contributed by atoms with Gasteiger partial charge in [-0.2, -0.15) is 0 Å². The van der Waals surface area contributed by atoms with Crippen LogP contribution in [0.1, 0.15) is 31.9 Å². The number of non-ortho nitro benzene ring substituents is 1. The molecule has 0 unspecified atom stereocenters. The summed E-state index contributed by atoms with van der Waals surface area (Å²) in [6, 6.07) is 9.27. The molecule has 0 saturated carbocycles. The van der Waals surface area contributed by atoms with Crippen LogP contribution in [0.3, 0.4) is 0 Å². The van der Waals surface area contributed by atoms with Crippen molar-refractivity contribution >= 4 is 17.4 Å². The van der Waals surface area contributed by atoms with Crippen LogP contribution in [0.25, 0.3) is 0 Å². The van der Waals surface area contributed by atoms with Gasteiger partial charge in [0.25, 0.3) is 5.69 Å². The summed E-state index contributed by atoms with van der Waals surface area (Å²) < 4.78 is 10.9. The molecule has 2 aromatic rings. The highest BCUT2D eigenvalue weighted by atomic mass is 16.6. The van der Waals surface area contributed by atoms with Gasteiger partial charge in [0.15, 0.2) is 6.73 Å². The summed E-state index contributed by atoms with van der Waals surface area (Å²) in [7, 11) is 1.42. The molecule has 0 heterocycles. The molecule has 8 heteroatoms. The van der Waals surface area contributed by atoms with E-state index in [2.05, 4.69) is 37.5 Å². The molecular weight excluding hydrogens is 362 g/mol. The zero-order chi connectivity index (χ0) is 20.9. The number of nitro benzene ring substituents is 1. The largest absolute Gasteiger partial charge is 0.495 e. The minimum atomic E-state index is -0.566. The average molecular weight is 387 g/mol. The Morgan fingerprint density at radius 2 is 1.82 bits per heavy atom. The number of methoxy groups -OCH3 is 1. The van der Waals surface area contributed by atoms with E-state index in [0.29, 0.717) is 11.5 Å². The Labute approximate surface area is 164 Å². The van der Waals surface area contributed by atoms with Crippen molar-refractivity contribution < 1.29 is 19.2 Å². The van der Waals surface area contributed by atoms with Crippen LogP contribution in [0.15, 0.2) is 36.4 Å². The Bertz CT molecular complexity index is 875. The van der Waals surface area contributed by atoms with Crippen LogP contribution in [-0.4, -0.2) is 24.8 Å². The Morgan fingerprint density at radius 3 is 2.43 bits per heavy atom. The van der Waals surface area contributed by atoms with Crippen LogP contribution in [0.2, 0.25) is 0 Å². The molecule has 2 aromatic carbocycles. The summed E-state index contributed by atoms with van der Waals surface area (Å²) in [6.45, 7) is 8.21. The number of ether oxygens (including phenoxy) is 2. The van der Waals surface area contributed by atoms with Crippen molar-refractivity contribution in [2.24, 2.45) is 0 Å². The monoisotopic (exact) mass is 387 g/mol. The zero-order valence-electron chi connectivity index (χ0n) is 16.7. The number of urea groups is 1. The van der Waals surface area contributed by atoms with Gasteiger partial charge >= 0.3 is 6.03 Å². The lowest BCUT2D eigenvalue weighted by Crippen LogP contribution is -2.32. The fourth-order valence-electron chi connectivity index (χ4n) is 2.61. The maximum atomic E-state index is 12.2. The summed E-state index contributed by atoms with van der Waals surface area (Å²) in [4.78, 5) is 22.5. The quantitative estimate of drug-likeness (QED) is 0.435. The van der Waals surface area contributed by atoms with Crippen LogP contribution in [0.5, 0.6) is 11.5 Å². The molecule has 2 N–H and O–H groups in total. The highest BCUT2D eigenvalue weighted by molar-refractivity contribution is 5.91. The molecule has 0 atom stereocenters. The molecule has 2 rings (SSSR count). The molecule has 0 aliphatic heterocycles. The number of nitro groups is 1. The lowest BCUT2D eigenvalue weighted by atomic mass is 9.85. The van der Waals surface area contributed by atoms with E-state index in [4.69, 9.17) is 9.47 Å². The van der Waals surface area contributed by atoms with Crippen molar-refractivity contribution in [2.75, 3.05) is 19.2 Å². The van der Waals surface area contributed by atoms with Gasteiger partial charge in [-0.05, 0) is 30.0 Å². The van der Waals surface area contributed by atoms with Crippen molar-refractivity contribution in [3.8, 4) is 11.5 Å². The van der Waals surface area contributed by atoms with E-state index >= 15 is 0 Å². The smallest absolute Gasteiger partial charge is 0.321 e. The van der Waals surface area contributed by atoms with E-state index in [0.717, 1.165) is 11.1 Å². The normalized spacial score (nSPS) is 10.9. The van der Waals surface area contributed by atoms with Crippen molar-refractivity contribution in [3.05, 3.63) is 57.6 Å². The van der Waals surface area contributed by atoms with E-state index in [-0.39, 0.29) is 23.5 Å². The second kappa shape index (κ2) is 8.60. The van der Waals surface area contributed by atoms with Crippen molar-refractivity contribution in [2.45, 2.75) is 33.1 Å². The molecule has 0 aromatic heterocycles. The zero-order valence-corrected chi connectivity index (χ0v) is 16.7. The molecule has 0 saturated heterocycles. The van der Waals surface area contributed by atoms with E-state index < -0.39 is 11.0 Å². The number of amides is 2. The first-order valence-electron chi connectivity index (χ1n) is 8.73. The number of benzene rings is 2. The molecule has 0 fully saturated rings. The van der Waals surface area contributed by atoms with Gasteiger partial charge in [0.2, 0.25) is 0 Å². The molecule has 0 bridgehead atoms. The van der Waals surface area contributed by atoms with Crippen molar-refractivity contribution in [1.29, 1.82) is 0 Å². The van der Waals surface area contributed by atoms with Gasteiger partial charge in [0.05, 0.1) is 17.7 Å². The van der Waals surface area contributed by atoms with Gasteiger partial charge in [-0.1, -0.05) is 38.5 Å². The van der Waals surface area contributed by atoms with Crippen LogP contribution in [0.4, 0.5) is 16.2 Å². The van der Waals surface area contributed by atoms with E-state index in [1.807, 2.05) is 19.1 Å². The number of carbonyl (C=O) groups excluding carboxylic acids is 1. The highest BCUT2D eigenvalue weighted by Gasteiger charge is 2.19. The fraction of sp³-hybridized carbons (Fsp3) is 0.350. The Kier molecular flexibility index (Phi) is 6.45. The van der Waals surface area contributed by atoms with E-state index in [1.54, 1.807) is 0 Å². The third kappa shape index (κ3) is 5.35. The number of anilines is 1. The number of nitrogens with one attached hydrogen (secondary N) is 2. The maximum absolute atomic E-state index is 12.2. The molecule has 28 heavy (non-hydrogen) atoms. The fourth-order valence-corrected chi connectivity index (χ4v) is 2.61. The van der Waals surface area contributed by atoms with Gasteiger partial charge < -0.3 is 20.1 Å². The van der Waals surface area contributed by atoms with Crippen LogP contribution in [0, 0.1) is 17.0 Å². The summed E-state index contributed by atoms with van der Waals surface area (Å²) >= 11 is 0. The second-order valence-electron chi connectivity index (χ2n) is 7.31. The number of rotatable bonds is 6. The topological polar surface area (TPSA) is 103 Å². The van der Waals surface area contributed by atoms with Gasteiger partial charge in [-0.3, -0.25) is 10.1 Å². The van der Waals surface area contributed by atoms with Crippen molar-refractivity contribution in [1.82, 2.24) is 5.32 Å². The molecule has 2 amide bonds. The van der Waals surface area contributed by atoms with E-state index in [1.165, 1.54) is 25.3 Å². The first kappa shape index (κ1) is 21.0. The lowest BCUT2D eigenvalue weighted by molar-refractivity contribution is -0.384. The molecule has 0 aliphatic carbocycles. The molecule has 0 aliphatic rings. The summed E-state index contributed by atoms with van der Waals surface area (Å²) in [5.74, 6) is 1.00. The van der Waals surface area contributed by atoms with Gasteiger partial charge in [0.1, 0.15) is 11.5 Å². The number of hydrogen-bond donors (Lipinski definition) is 2. The minimum Gasteiger partial charge on any atom is -0.495 e. The first-order chi connectivity index (χ1) is 13.1. The van der Waals surface area contributed by atoms with E-state index in [9.17, 15) is 14.9 Å². The molecule has 150 valence electrons. The van der Waals surface area contributed by atoms with Crippen LogP contribution in [-0.2, 0) is 5.41 Å². The second-order valence-corrected chi connectivity index (χ2v) is 7.31. The molecule has 0 spiro atoms. The van der Waals surface area contributed by atoms with Crippen LogP contribution < -0.4 is 20.1 Å². The van der Waals surface area contributed by atoms with Gasteiger partial charge in [-0.15, -0.1) is 0 Å². The summed E-state index contributed by atoms with van der Waals surface area (Å²) in [5.41, 5.74) is 2.09. The van der Waals surface area contributed by atoms with Gasteiger partial charge in [0, 0.05) is 12.1 Å². The number of hydrogen-bond acceptors (Lipinski definition) is 5. The predicted octanol–water partition coefficient (Wildman–Crippen LogP) is 4.37. The number of nitrogens with zero attached hydrogens (tertiary/aromatic N) is 1. The SMILES string of the molecule is COc1ccc([N+](=O)[O-])cc1NC(=O)NCOc1ccc(C)cc1C(C)(C)C. The third-order valence-corrected chi connectivity index (χ3v) is 4.05. The molecule has 0 radical (unpaired) electrons. The Hall–Kier alpha value is -3.29. The molecular formula is C20H25N3O5. The first-order valence-corrected chi connectivity index (χ1v) is 8.73. The number of aryl methyl sites for hydroxylation is 1. The summed E-state index contributed by atoms with van der Waals surface area (Å²) in [5, 5.41) is 16.0. The summed E-state index contributed by atoms with van der Waals surface area (Å²) in [6.07, 6.45) is 0. The minimum absolute atomic E-state index is 0.0603. The predicted molar refractivity (Wildman–Crippen MR) is 107 cm³/mol. The average Bonchev–Trinajstić information content (AvgIpc) is 2.62. The van der Waals surface area contributed by atoms with Gasteiger partial charge in [-0.25, -0.2) is 4.79 Å². The maximum Gasteiger partial charge on any atom is 0.321 e. The lowest BCUT2D eigenvalue weighted by Gasteiger charge is -2.23. The molecule has 8 nitrogen and oxygen atoms in total. The highest BCUT2D eigenvalue weighted by Crippen LogP contribution is 2.32.